The molecule has 1 fully saturated rings. The number of halogens is 1. The molecule has 1 aliphatic heterocycles. The van der Waals surface area contributed by atoms with Crippen LogP contribution in [-0.2, 0) is 11.2 Å². The lowest BCUT2D eigenvalue weighted by atomic mass is 9.96. The molecule has 0 aromatic heterocycles. The third-order valence-electron chi connectivity index (χ3n) is 5.61. The molecule has 0 atom stereocenters. The van der Waals surface area contributed by atoms with Crippen molar-refractivity contribution in [3.05, 3.63) is 59.4 Å². The summed E-state index contributed by atoms with van der Waals surface area (Å²) >= 11 is 0. The number of benzene rings is 2. The smallest absolute Gasteiger partial charge is 0.255 e. The summed E-state index contributed by atoms with van der Waals surface area (Å²) in [6.07, 6.45) is 2.56. The molecule has 0 radical (unpaired) electrons. The minimum absolute atomic E-state index is 0.0108. The van der Waals surface area contributed by atoms with Gasteiger partial charge in [0.25, 0.3) is 5.91 Å². The summed E-state index contributed by atoms with van der Waals surface area (Å²) in [7, 11) is 3.51. The Labute approximate surface area is 176 Å². The van der Waals surface area contributed by atoms with Gasteiger partial charge in [0.1, 0.15) is 5.82 Å². The van der Waals surface area contributed by atoms with E-state index in [-0.39, 0.29) is 23.3 Å². The average molecular weight is 413 g/mol. The first kappa shape index (κ1) is 21.8. The van der Waals surface area contributed by atoms with E-state index in [2.05, 4.69) is 10.2 Å². The lowest BCUT2D eigenvalue weighted by Gasteiger charge is -2.30. The van der Waals surface area contributed by atoms with Gasteiger partial charge < -0.3 is 20.9 Å². The highest BCUT2D eigenvalue weighted by atomic mass is 19.1. The summed E-state index contributed by atoms with van der Waals surface area (Å²) in [6, 6.07) is 12.2. The van der Waals surface area contributed by atoms with Gasteiger partial charge in [-0.25, -0.2) is 4.39 Å². The van der Waals surface area contributed by atoms with Crippen LogP contribution >= 0.6 is 0 Å². The van der Waals surface area contributed by atoms with E-state index in [4.69, 9.17) is 5.73 Å². The molecular weight excluding hydrogens is 383 g/mol. The fourth-order valence-electron chi connectivity index (χ4n) is 3.70. The number of primary amides is 1. The van der Waals surface area contributed by atoms with Crippen molar-refractivity contribution in [2.24, 2.45) is 11.7 Å². The molecule has 1 saturated heterocycles. The summed E-state index contributed by atoms with van der Waals surface area (Å²) in [5, 5.41) is 2.81. The first-order valence-corrected chi connectivity index (χ1v) is 10.2. The molecule has 2 aromatic rings. The van der Waals surface area contributed by atoms with E-state index < -0.39 is 5.82 Å². The molecule has 0 aliphatic carbocycles. The lowest BCUT2D eigenvalue weighted by molar-refractivity contribution is -0.123. The maximum absolute atomic E-state index is 14.1. The normalized spacial score (nSPS) is 15.0. The van der Waals surface area contributed by atoms with Gasteiger partial charge >= 0.3 is 0 Å². The Morgan fingerprint density at radius 1 is 1.13 bits per heavy atom. The molecule has 7 heteroatoms. The minimum Gasteiger partial charge on any atom is -0.375 e. The van der Waals surface area contributed by atoms with Gasteiger partial charge in [-0.2, -0.15) is 0 Å². The van der Waals surface area contributed by atoms with Crippen LogP contribution < -0.4 is 16.0 Å². The molecule has 3 rings (SSSR count). The molecule has 160 valence electrons. The van der Waals surface area contributed by atoms with Crippen LogP contribution in [0.4, 0.5) is 15.8 Å². The highest BCUT2D eigenvalue weighted by Gasteiger charge is 2.22. The lowest BCUT2D eigenvalue weighted by Crippen LogP contribution is -2.39. The Kier molecular flexibility index (Phi) is 7.05. The highest BCUT2D eigenvalue weighted by molar-refractivity contribution is 6.04. The zero-order chi connectivity index (χ0) is 21.7. The van der Waals surface area contributed by atoms with Crippen LogP contribution in [0.1, 0.15) is 28.8 Å². The summed E-state index contributed by atoms with van der Waals surface area (Å²) in [5.74, 6) is -0.951. The van der Waals surface area contributed by atoms with Gasteiger partial charge in [-0.1, -0.05) is 12.1 Å². The highest BCUT2D eigenvalue weighted by Crippen LogP contribution is 2.20. The number of carbonyl (C=O) groups is 2. The van der Waals surface area contributed by atoms with Gasteiger partial charge in [-0.15, -0.1) is 0 Å². The van der Waals surface area contributed by atoms with Crippen LogP contribution in [0.15, 0.2) is 42.5 Å². The van der Waals surface area contributed by atoms with E-state index in [9.17, 15) is 14.0 Å². The molecular formula is C23H29FN4O2. The predicted octanol–water partition coefficient (Wildman–Crippen LogP) is 2.88. The van der Waals surface area contributed by atoms with Crippen molar-refractivity contribution >= 4 is 23.2 Å². The summed E-state index contributed by atoms with van der Waals surface area (Å²) < 4.78 is 14.1. The van der Waals surface area contributed by atoms with Crippen molar-refractivity contribution < 1.29 is 14.0 Å². The summed E-state index contributed by atoms with van der Waals surface area (Å²) in [4.78, 5) is 27.7. The molecule has 2 amide bonds. The van der Waals surface area contributed by atoms with Crippen LogP contribution in [0.25, 0.3) is 0 Å². The van der Waals surface area contributed by atoms with Crippen molar-refractivity contribution in [2.45, 2.75) is 19.3 Å². The number of hydrogen-bond donors (Lipinski definition) is 2. The first-order chi connectivity index (χ1) is 14.3. The van der Waals surface area contributed by atoms with E-state index >= 15 is 0 Å². The maximum Gasteiger partial charge on any atom is 0.255 e. The second-order valence-electron chi connectivity index (χ2n) is 7.98. The molecule has 0 bridgehead atoms. The van der Waals surface area contributed by atoms with Crippen molar-refractivity contribution in [3.8, 4) is 0 Å². The van der Waals surface area contributed by atoms with Gasteiger partial charge in [-0.05, 0) is 68.2 Å². The van der Waals surface area contributed by atoms with Crippen LogP contribution in [0.5, 0.6) is 0 Å². The minimum atomic E-state index is -0.428. The Morgan fingerprint density at radius 3 is 2.37 bits per heavy atom. The van der Waals surface area contributed by atoms with Crippen LogP contribution in [-0.4, -0.2) is 50.4 Å². The fraction of sp³-hybridized carbons (Fsp3) is 0.391. The van der Waals surface area contributed by atoms with Gasteiger partial charge in [0.2, 0.25) is 5.91 Å². The van der Waals surface area contributed by atoms with Gasteiger partial charge in [0, 0.05) is 37.8 Å². The quantitative estimate of drug-likeness (QED) is 0.733. The number of nitrogens with one attached hydrogen (secondary N) is 1. The molecule has 3 N–H and O–H groups in total. The number of amides is 2. The monoisotopic (exact) mass is 412 g/mol. The Balaban J connectivity index is 1.50. The van der Waals surface area contributed by atoms with Gasteiger partial charge in [0.15, 0.2) is 0 Å². The van der Waals surface area contributed by atoms with Crippen molar-refractivity contribution in [1.82, 2.24) is 4.90 Å². The standard InChI is InChI=1S/C23H29FN4O2/c1-27(2)21-8-5-18(15-20(21)24)23(30)26-19-6-3-16(4-7-19)9-12-28-13-10-17(11-14-28)22(25)29/h3-8,15,17H,9-14H2,1-2H3,(H2,25,29)(H,26,30). The SMILES string of the molecule is CN(C)c1ccc(C(=O)Nc2ccc(CCN3CCC(C(N)=O)CC3)cc2)cc1F. The number of piperidine rings is 1. The van der Waals surface area contributed by atoms with E-state index in [1.165, 1.54) is 11.6 Å². The summed E-state index contributed by atoms with van der Waals surface area (Å²) in [5.41, 5.74) is 7.94. The molecule has 1 heterocycles. The largest absolute Gasteiger partial charge is 0.375 e. The van der Waals surface area contributed by atoms with Gasteiger partial charge in [-0.3, -0.25) is 9.59 Å². The number of nitrogens with zero attached hydrogens (tertiary/aromatic N) is 2. The molecule has 0 spiro atoms. The number of rotatable bonds is 7. The Morgan fingerprint density at radius 2 is 1.80 bits per heavy atom. The number of nitrogens with two attached hydrogens (primary N) is 1. The van der Waals surface area contributed by atoms with Crippen LogP contribution in [0.3, 0.4) is 0 Å². The molecule has 2 aromatic carbocycles. The van der Waals surface area contributed by atoms with Gasteiger partial charge in [0.05, 0.1) is 5.69 Å². The zero-order valence-electron chi connectivity index (χ0n) is 17.5. The maximum atomic E-state index is 14.1. The molecule has 0 unspecified atom stereocenters. The molecule has 6 nitrogen and oxygen atoms in total. The van der Waals surface area contributed by atoms with Crippen molar-refractivity contribution in [2.75, 3.05) is 43.9 Å². The summed E-state index contributed by atoms with van der Waals surface area (Å²) in [6.45, 7) is 2.71. The molecule has 30 heavy (non-hydrogen) atoms. The van der Waals surface area contributed by atoms with E-state index in [0.29, 0.717) is 11.4 Å². The second-order valence-corrected chi connectivity index (χ2v) is 7.98. The first-order valence-electron chi connectivity index (χ1n) is 10.2. The second kappa shape index (κ2) is 9.71. The Bertz CT molecular complexity index is 891. The third kappa shape index (κ3) is 5.57. The zero-order valence-corrected chi connectivity index (χ0v) is 17.5. The van der Waals surface area contributed by atoms with Crippen LogP contribution in [0, 0.1) is 11.7 Å². The Hall–Kier alpha value is -2.93. The predicted molar refractivity (Wildman–Crippen MR) is 117 cm³/mol. The van der Waals surface area contributed by atoms with E-state index in [1.807, 2.05) is 24.3 Å². The number of anilines is 2. The number of carbonyl (C=O) groups excluding carboxylic acids is 2. The third-order valence-corrected chi connectivity index (χ3v) is 5.61. The number of likely N-dealkylation sites (tertiary alicyclic amines) is 1. The topological polar surface area (TPSA) is 78.7 Å². The fourth-order valence-corrected chi connectivity index (χ4v) is 3.70. The molecule has 0 saturated carbocycles. The molecule has 1 aliphatic rings. The van der Waals surface area contributed by atoms with Crippen molar-refractivity contribution in [1.29, 1.82) is 0 Å². The number of hydrogen-bond acceptors (Lipinski definition) is 4. The van der Waals surface area contributed by atoms with E-state index in [0.717, 1.165) is 38.9 Å². The average Bonchev–Trinajstić information content (AvgIpc) is 2.73. The van der Waals surface area contributed by atoms with Crippen LogP contribution in [0.2, 0.25) is 0 Å². The van der Waals surface area contributed by atoms with E-state index in [1.54, 1.807) is 31.1 Å². The van der Waals surface area contributed by atoms with Crippen molar-refractivity contribution in [3.63, 3.8) is 0 Å².